The quantitative estimate of drug-likeness (QED) is 0.832. The molecule has 0 aliphatic heterocycles. The fourth-order valence-electron chi connectivity index (χ4n) is 2.00. The molecule has 0 bridgehead atoms. The number of aryl methyl sites for hydroxylation is 1. The van der Waals surface area contributed by atoms with Crippen LogP contribution in [0.3, 0.4) is 0 Å². The molecule has 7 heteroatoms. The van der Waals surface area contributed by atoms with E-state index in [1.165, 1.54) is 13.2 Å². The zero-order chi connectivity index (χ0) is 15.8. The normalized spacial score (nSPS) is 11.5. The first-order chi connectivity index (χ1) is 9.74. The Morgan fingerprint density at radius 1 is 1.24 bits per heavy atom. The van der Waals surface area contributed by atoms with Crippen molar-refractivity contribution >= 4 is 12.2 Å². The van der Waals surface area contributed by atoms with E-state index in [4.69, 9.17) is 17.0 Å². The fourth-order valence-corrected chi connectivity index (χ4v) is 2.21. The molecule has 2 aromatic rings. The van der Waals surface area contributed by atoms with E-state index in [-0.39, 0.29) is 10.3 Å². The van der Waals surface area contributed by atoms with Gasteiger partial charge >= 0.3 is 6.18 Å². The molecule has 0 unspecified atom stereocenters. The molecule has 112 valence electrons. The number of H-pyrrole nitrogens is 1. The minimum absolute atomic E-state index is 0.128. The molecule has 21 heavy (non-hydrogen) atoms. The van der Waals surface area contributed by atoms with Gasteiger partial charge in [0, 0.05) is 5.56 Å². The summed E-state index contributed by atoms with van der Waals surface area (Å²) in [7, 11) is 1.48. The second kappa shape index (κ2) is 5.48. The second-order valence-electron chi connectivity index (χ2n) is 4.57. The van der Waals surface area contributed by atoms with Crippen LogP contribution in [0.15, 0.2) is 18.2 Å². The summed E-state index contributed by atoms with van der Waals surface area (Å²) in [5.41, 5.74) is 2.58. The Morgan fingerprint density at radius 3 is 2.48 bits per heavy atom. The van der Waals surface area contributed by atoms with Crippen molar-refractivity contribution in [2.24, 2.45) is 0 Å². The van der Waals surface area contributed by atoms with Gasteiger partial charge in [0.2, 0.25) is 5.82 Å². The lowest BCUT2D eigenvalue weighted by Gasteiger charge is -2.15. The second-order valence-corrected chi connectivity index (χ2v) is 4.99. The third-order valence-corrected chi connectivity index (χ3v) is 3.39. The number of nitrogens with zero attached hydrogens (tertiary/aromatic N) is 1. The van der Waals surface area contributed by atoms with E-state index in [1.807, 2.05) is 19.9 Å². The van der Waals surface area contributed by atoms with Gasteiger partial charge in [-0.2, -0.15) is 13.2 Å². The summed E-state index contributed by atoms with van der Waals surface area (Å²) in [6, 6.07) is 4.90. The molecule has 0 fully saturated rings. The molecule has 0 saturated carbocycles. The van der Waals surface area contributed by atoms with E-state index in [0.717, 1.165) is 11.1 Å². The Bertz CT molecular complexity index is 738. The van der Waals surface area contributed by atoms with Crippen molar-refractivity contribution in [1.82, 2.24) is 9.97 Å². The van der Waals surface area contributed by atoms with Crippen LogP contribution in [0, 0.1) is 18.5 Å². The van der Waals surface area contributed by atoms with E-state index < -0.39 is 12.0 Å². The summed E-state index contributed by atoms with van der Waals surface area (Å²) in [5.74, 6) is -0.606. The maximum absolute atomic E-state index is 12.8. The molecule has 1 aromatic heterocycles. The van der Waals surface area contributed by atoms with Crippen LogP contribution in [0.1, 0.15) is 17.0 Å². The number of aromatic nitrogens is 2. The van der Waals surface area contributed by atoms with Crippen LogP contribution in [0.2, 0.25) is 0 Å². The molecule has 0 aliphatic rings. The van der Waals surface area contributed by atoms with Crippen LogP contribution >= 0.6 is 12.2 Å². The zero-order valence-corrected chi connectivity index (χ0v) is 12.4. The average Bonchev–Trinajstić information content (AvgIpc) is 2.40. The molecular weight excluding hydrogens is 301 g/mol. The smallest absolute Gasteiger partial charge is 0.449 e. The monoisotopic (exact) mass is 314 g/mol. The van der Waals surface area contributed by atoms with Crippen molar-refractivity contribution in [2.45, 2.75) is 20.0 Å². The average molecular weight is 314 g/mol. The van der Waals surface area contributed by atoms with Gasteiger partial charge in [-0.25, -0.2) is 4.98 Å². The van der Waals surface area contributed by atoms with Crippen molar-refractivity contribution in [3.8, 4) is 17.0 Å². The first-order valence-corrected chi connectivity index (χ1v) is 6.48. The zero-order valence-electron chi connectivity index (χ0n) is 11.6. The maximum Gasteiger partial charge on any atom is 0.449 e. The number of benzene rings is 1. The lowest BCUT2D eigenvalue weighted by Crippen LogP contribution is -2.11. The number of halogens is 3. The summed E-state index contributed by atoms with van der Waals surface area (Å²) in [6.07, 6.45) is -4.59. The van der Waals surface area contributed by atoms with Crippen LogP contribution in [-0.2, 0) is 6.18 Å². The number of ether oxygens (including phenoxy) is 1. The van der Waals surface area contributed by atoms with E-state index in [2.05, 4.69) is 9.97 Å². The number of rotatable bonds is 2. The predicted molar refractivity (Wildman–Crippen MR) is 75.9 cm³/mol. The molecule has 0 atom stereocenters. The summed E-state index contributed by atoms with van der Waals surface area (Å²) in [5, 5.41) is 0. The molecule has 0 saturated heterocycles. The topological polar surface area (TPSA) is 37.9 Å². The van der Waals surface area contributed by atoms with E-state index in [1.54, 1.807) is 6.07 Å². The minimum Gasteiger partial charge on any atom is -0.496 e. The SMILES string of the molecule is COc1c(-c2cc(=S)nc(C(F)(F)F)[nH]2)ccc(C)c1C. The molecule has 0 spiro atoms. The molecule has 1 heterocycles. The van der Waals surface area contributed by atoms with E-state index >= 15 is 0 Å². The number of methoxy groups -OCH3 is 1. The molecule has 3 nitrogen and oxygen atoms in total. The van der Waals surface area contributed by atoms with Crippen molar-refractivity contribution < 1.29 is 17.9 Å². The Balaban J connectivity index is 2.71. The highest BCUT2D eigenvalue weighted by atomic mass is 32.1. The van der Waals surface area contributed by atoms with Gasteiger partial charge < -0.3 is 9.72 Å². The summed E-state index contributed by atoms with van der Waals surface area (Å²) >= 11 is 4.82. The van der Waals surface area contributed by atoms with Gasteiger partial charge in [-0.15, -0.1) is 0 Å². The van der Waals surface area contributed by atoms with Crippen LogP contribution in [-0.4, -0.2) is 17.1 Å². The van der Waals surface area contributed by atoms with Crippen molar-refractivity contribution in [1.29, 1.82) is 0 Å². The van der Waals surface area contributed by atoms with Gasteiger partial charge in [0.1, 0.15) is 10.4 Å². The summed E-state index contributed by atoms with van der Waals surface area (Å²) in [6.45, 7) is 3.75. The number of hydrogen-bond donors (Lipinski definition) is 1. The van der Waals surface area contributed by atoms with Crippen molar-refractivity contribution in [3.05, 3.63) is 39.8 Å². The van der Waals surface area contributed by atoms with Crippen LogP contribution in [0.25, 0.3) is 11.3 Å². The molecule has 1 aromatic carbocycles. The highest BCUT2D eigenvalue weighted by molar-refractivity contribution is 7.71. The summed E-state index contributed by atoms with van der Waals surface area (Å²) < 4.78 is 43.6. The number of aromatic amines is 1. The number of nitrogens with one attached hydrogen (secondary N) is 1. The number of alkyl halides is 3. The summed E-state index contributed by atoms with van der Waals surface area (Å²) in [4.78, 5) is 5.60. The molecule has 0 amide bonds. The van der Waals surface area contributed by atoms with E-state index in [0.29, 0.717) is 11.3 Å². The lowest BCUT2D eigenvalue weighted by atomic mass is 10.0. The Labute approximate surface area is 124 Å². The van der Waals surface area contributed by atoms with Gasteiger partial charge in [-0.3, -0.25) is 0 Å². The van der Waals surface area contributed by atoms with Gasteiger partial charge in [0.25, 0.3) is 0 Å². The number of hydrogen-bond acceptors (Lipinski definition) is 3. The van der Waals surface area contributed by atoms with Crippen LogP contribution in [0.4, 0.5) is 13.2 Å². The van der Waals surface area contributed by atoms with Gasteiger partial charge in [0.05, 0.1) is 12.8 Å². The van der Waals surface area contributed by atoms with Crippen molar-refractivity contribution in [2.75, 3.05) is 7.11 Å². The molecular formula is C14H13F3N2OS. The van der Waals surface area contributed by atoms with Crippen LogP contribution < -0.4 is 4.74 Å². The first kappa shape index (κ1) is 15.5. The minimum atomic E-state index is -4.59. The third-order valence-electron chi connectivity index (χ3n) is 3.18. The van der Waals surface area contributed by atoms with Crippen molar-refractivity contribution in [3.63, 3.8) is 0 Å². The lowest BCUT2D eigenvalue weighted by molar-refractivity contribution is -0.145. The first-order valence-electron chi connectivity index (χ1n) is 6.07. The largest absolute Gasteiger partial charge is 0.496 e. The Hall–Kier alpha value is -1.89. The Kier molecular flexibility index (Phi) is 4.04. The fraction of sp³-hybridized carbons (Fsp3) is 0.286. The molecule has 2 rings (SSSR count). The van der Waals surface area contributed by atoms with Gasteiger partial charge in [0.15, 0.2) is 0 Å². The Morgan fingerprint density at radius 2 is 1.90 bits per heavy atom. The standard InChI is InChI=1S/C14H13F3N2OS/c1-7-4-5-9(12(20-3)8(7)2)10-6-11(21)19-13(18-10)14(15,16)17/h4-6H,1-3H3,(H,18,19,21). The molecule has 0 radical (unpaired) electrons. The highest BCUT2D eigenvalue weighted by Crippen LogP contribution is 2.35. The van der Waals surface area contributed by atoms with Gasteiger partial charge in [-0.1, -0.05) is 18.3 Å². The molecule has 0 aliphatic carbocycles. The third kappa shape index (κ3) is 3.07. The molecule has 1 N–H and O–H groups in total. The predicted octanol–water partition coefficient (Wildman–Crippen LogP) is 4.45. The van der Waals surface area contributed by atoms with E-state index in [9.17, 15) is 13.2 Å². The van der Waals surface area contributed by atoms with Crippen LogP contribution in [0.5, 0.6) is 5.75 Å². The van der Waals surface area contributed by atoms with Gasteiger partial charge in [-0.05, 0) is 37.1 Å². The highest BCUT2D eigenvalue weighted by Gasteiger charge is 2.34. The maximum atomic E-state index is 12.8.